The average molecular weight is 350 g/mol. The molecule has 0 saturated heterocycles. The fourth-order valence-electron chi connectivity index (χ4n) is 3.62. The van der Waals surface area contributed by atoms with Crippen molar-refractivity contribution in [1.82, 2.24) is 29.9 Å². The molecule has 0 radical (unpaired) electrons. The van der Waals surface area contributed by atoms with Gasteiger partial charge in [-0.15, -0.1) is 0 Å². The summed E-state index contributed by atoms with van der Waals surface area (Å²) in [7, 11) is 0. The molecule has 1 aliphatic carbocycles. The highest BCUT2D eigenvalue weighted by molar-refractivity contribution is 5.93. The molecule has 1 amide bonds. The summed E-state index contributed by atoms with van der Waals surface area (Å²) in [6.07, 6.45) is 8.29. The van der Waals surface area contributed by atoms with Crippen molar-refractivity contribution in [1.29, 1.82) is 0 Å². The monoisotopic (exact) mass is 350 g/mol. The van der Waals surface area contributed by atoms with Crippen LogP contribution < -0.4 is 5.32 Å². The van der Waals surface area contributed by atoms with E-state index in [1.807, 2.05) is 42.9 Å². The Labute approximate surface area is 152 Å². The van der Waals surface area contributed by atoms with E-state index >= 15 is 0 Å². The molecule has 7 heteroatoms. The first kappa shape index (κ1) is 16.5. The molecule has 26 heavy (non-hydrogen) atoms. The lowest BCUT2D eigenvalue weighted by atomic mass is 9.92. The molecule has 0 aromatic carbocycles. The highest BCUT2D eigenvalue weighted by Gasteiger charge is 2.27. The summed E-state index contributed by atoms with van der Waals surface area (Å²) in [5.74, 6) is -0.0815. The molecule has 1 N–H and O–H groups in total. The second-order valence-corrected chi connectivity index (χ2v) is 6.57. The Kier molecular flexibility index (Phi) is 4.28. The van der Waals surface area contributed by atoms with Gasteiger partial charge in [0.1, 0.15) is 5.69 Å². The first-order valence-electron chi connectivity index (χ1n) is 9.00. The van der Waals surface area contributed by atoms with Crippen molar-refractivity contribution in [3.63, 3.8) is 0 Å². The zero-order valence-electron chi connectivity index (χ0n) is 15.0. The summed E-state index contributed by atoms with van der Waals surface area (Å²) in [6, 6.07) is 5.70. The van der Waals surface area contributed by atoms with E-state index in [4.69, 9.17) is 0 Å². The molecule has 0 spiro atoms. The summed E-state index contributed by atoms with van der Waals surface area (Å²) >= 11 is 0. The standard InChI is InChI=1S/C19H22N6O/c1-3-24-18(11-13(2)23-24)19(26)22-16-5-4-6-17-15(16)12-21-25(17)14-7-9-20-10-8-14/h7-12,16H,3-6H2,1-2H3,(H,22,26)/t16-/m0/s1. The Morgan fingerprint density at radius 2 is 2.15 bits per heavy atom. The van der Waals surface area contributed by atoms with Gasteiger partial charge in [-0.05, 0) is 51.3 Å². The highest BCUT2D eigenvalue weighted by Crippen LogP contribution is 2.31. The number of aromatic nitrogens is 5. The van der Waals surface area contributed by atoms with E-state index in [2.05, 4.69) is 20.5 Å². The summed E-state index contributed by atoms with van der Waals surface area (Å²) in [4.78, 5) is 16.9. The molecule has 3 heterocycles. The highest BCUT2D eigenvalue weighted by atomic mass is 16.2. The summed E-state index contributed by atoms with van der Waals surface area (Å²) in [6.45, 7) is 4.56. The van der Waals surface area contributed by atoms with Gasteiger partial charge in [-0.2, -0.15) is 10.2 Å². The number of fused-ring (bicyclic) bond motifs is 1. The van der Waals surface area contributed by atoms with Crippen LogP contribution in [0.15, 0.2) is 36.8 Å². The molecule has 3 aromatic heterocycles. The average Bonchev–Trinajstić information content (AvgIpc) is 3.26. The first-order chi connectivity index (χ1) is 12.7. The van der Waals surface area contributed by atoms with Gasteiger partial charge in [0.2, 0.25) is 0 Å². The minimum Gasteiger partial charge on any atom is -0.344 e. The molecule has 0 saturated carbocycles. The number of hydrogen-bond donors (Lipinski definition) is 1. The van der Waals surface area contributed by atoms with Gasteiger partial charge < -0.3 is 5.32 Å². The van der Waals surface area contributed by atoms with E-state index in [-0.39, 0.29) is 11.9 Å². The van der Waals surface area contributed by atoms with Crippen LogP contribution in [0.3, 0.4) is 0 Å². The third-order valence-corrected chi connectivity index (χ3v) is 4.83. The predicted octanol–water partition coefficient (Wildman–Crippen LogP) is 2.60. The lowest BCUT2D eigenvalue weighted by Gasteiger charge is -2.24. The van der Waals surface area contributed by atoms with Crippen LogP contribution in [0.1, 0.15) is 53.2 Å². The molecule has 0 bridgehead atoms. The fourth-order valence-corrected chi connectivity index (χ4v) is 3.62. The number of nitrogens with one attached hydrogen (secondary N) is 1. The van der Waals surface area contributed by atoms with Crippen molar-refractivity contribution in [2.45, 2.75) is 45.7 Å². The maximum atomic E-state index is 12.8. The quantitative estimate of drug-likeness (QED) is 0.784. The number of amides is 1. The van der Waals surface area contributed by atoms with Gasteiger partial charge in [0.15, 0.2) is 0 Å². The Morgan fingerprint density at radius 1 is 1.35 bits per heavy atom. The number of carbonyl (C=O) groups excluding carboxylic acids is 1. The van der Waals surface area contributed by atoms with E-state index in [1.165, 1.54) is 0 Å². The van der Waals surface area contributed by atoms with Gasteiger partial charge in [0.05, 0.1) is 23.6 Å². The molecule has 0 unspecified atom stereocenters. The molecular formula is C19H22N6O. The normalized spacial score (nSPS) is 16.3. The van der Waals surface area contributed by atoms with Crippen LogP contribution in [0.5, 0.6) is 0 Å². The van der Waals surface area contributed by atoms with Crippen LogP contribution in [0, 0.1) is 6.92 Å². The van der Waals surface area contributed by atoms with Crippen molar-refractivity contribution in [2.24, 2.45) is 0 Å². The van der Waals surface area contributed by atoms with Crippen LogP contribution in [0.25, 0.3) is 5.69 Å². The molecular weight excluding hydrogens is 328 g/mol. The third-order valence-electron chi connectivity index (χ3n) is 4.83. The van der Waals surface area contributed by atoms with E-state index < -0.39 is 0 Å². The molecule has 4 rings (SSSR count). The molecule has 1 atom stereocenters. The predicted molar refractivity (Wildman–Crippen MR) is 97.1 cm³/mol. The Morgan fingerprint density at radius 3 is 2.92 bits per heavy atom. The van der Waals surface area contributed by atoms with E-state index in [0.717, 1.165) is 41.9 Å². The SMILES string of the molecule is CCn1nc(C)cc1C(=O)N[C@H]1CCCc2c1cnn2-c1ccncc1. The largest absolute Gasteiger partial charge is 0.344 e. The number of rotatable bonds is 4. The number of nitrogens with zero attached hydrogens (tertiary/aromatic N) is 5. The second kappa shape index (κ2) is 6.74. The summed E-state index contributed by atoms with van der Waals surface area (Å²) in [5.41, 5.74) is 4.71. The van der Waals surface area contributed by atoms with Crippen LogP contribution in [0.2, 0.25) is 0 Å². The summed E-state index contributed by atoms with van der Waals surface area (Å²) in [5, 5.41) is 12.1. The minimum absolute atomic E-state index is 0.0256. The van der Waals surface area contributed by atoms with E-state index in [1.54, 1.807) is 17.1 Å². The van der Waals surface area contributed by atoms with Gasteiger partial charge in [0.25, 0.3) is 5.91 Å². The smallest absolute Gasteiger partial charge is 0.270 e. The topological polar surface area (TPSA) is 77.6 Å². The summed E-state index contributed by atoms with van der Waals surface area (Å²) < 4.78 is 3.70. The third kappa shape index (κ3) is 2.89. The van der Waals surface area contributed by atoms with Crippen molar-refractivity contribution in [3.05, 3.63) is 59.4 Å². The maximum Gasteiger partial charge on any atom is 0.270 e. The maximum absolute atomic E-state index is 12.8. The molecule has 134 valence electrons. The molecule has 7 nitrogen and oxygen atoms in total. The van der Waals surface area contributed by atoms with Crippen molar-refractivity contribution < 1.29 is 4.79 Å². The van der Waals surface area contributed by atoms with Crippen molar-refractivity contribution in [3.8, 4) is 5.69 Å². The van der Waals surface area contributed by atoms with E-state index in [0.29, 0.717) is 12.2 Å². The molecule has 0 fully saturated rings. The Hall–Kier alpha value is -2.96. The van der Waals surface area contributed by atoms with Crippen molar-refractivity contribution in [2.75, 3.05) is 0 Å². The van der Waals surface area contributed by atoms with E-state index in [9.17, 15) is 4.79 Å². The molecule has 0 aliphatic heterocycles. The number of hydrogen-bond acceptors (Lipinski definition) is 4. The molecule has 1 aliphatic rings. The Bertz CT molecular complexity index is 927. The van der Waals surface area contributed by atoms with Crippen LogP contribution in [-0.4, -0.2) is 30.5 Å². The lowest BCUT2D eigenvalue weighted by molar-refractivity contribution is 0.0922. The van der Waals surface area contributed by atoms with Gasteiger partial charge in [-0.3, -0.25) is 14.5 Å². The van der Waals surface area contributed by atoms with Gasteiger partial charge in [-0.1, -0.05) is 0 Å². The lowest BCUT2D eigenvalue weighted by Crippen LogP contribution is -2.32. The molecule has 3 aromatic rings. The second-order valence-electron chi connectivity index (χ2n) is 6.57. The van der Waals surface area contributed by atoms with Gasteiger partial charge in [-0.25, -0.2) is 4.68 Å². The zero-order chi connectivity index (χ0) is 18.1. The Balaban J connectivity index is 1.61. The van der Waals surface area contributed by atoms with Crippen LogP contribution >= 0.6 is 0 Å². The number of carbonyl (C=O) groups is 1. The fraction of sp³-hybridized carbons (Fsp3) is 0.368. The minimum atomic E-state index is -0.0815. The first-order valence-corrected chi connectivity index (χ1v) is 9.00. The zero-order valence-corrected chi connectivity index (χ0v) is 15.0. The van der Waals surface area contributed by atoms with Crippen LogP contribution in [0.4, 0.5) is 0 Å². The van der Waals surface area contributed by atoms with Gasteiger partial charge in [0, 0.05) is 30.2 Å². The number of pyridine rings is 1. The number of aryl methyl sites for hydroxylation is 2. The van der Waals surface area contributed by atoms with Gasteiger partial charge >= 0.3 is 0 Å². The van der Waals surface area contributed by atoms with Crippen LogP contribution in [-0.2, 0) is 13.0 Å². The van der Waals surface area contributed by atoms with Crippen molar-refractivity contribution >= 4 is 5.91 Å².